The summed E-state index contributed by atoms with van der Waals surface area (Å²) in [6, 6.07) is 5.24. The molecule has 0 saturated heterocycles. The zero-order valence-electron chi connectivity index (χ0n) is 7.51. The van der Waals surface area contributed by atoms with E-state index in [-0.39, 0.29) is 6.54 Å². The van der Waals surface area contributed by atoms with Crippen molar-refractivity contribution >= 4 is 11.4 Å². The molecule has 0 aliphatic rings. The molecule has 72 valence electrons. The van der Waals surface area contributed by atoms with Gasteiger partial charge >= 0.3 is 0 Å². The normalized spacial score (nSPS) is 9.69. The number of rotatable bonds is 4. The van der Waals surface area contributed by atoms with Crippen molar-refractivity contribution in [3.05, 3.63) is 18.2 Å². The fraction of sp³-hybridized carbons (Fsp3) is 0.333. The van der Waals surface area contributed by atoms with Crippen LogP contribution in [0.5, 0.6) is 5.75 Å². The Balaban J connectivity index is 2.73. The van der Waals surface area contributed by atoms with Gasteiger partial charge in [-0.1, -0.05) is 0 Å². The predicted octanol–water partition coefficient (Wildman–Crippen LogP) is 1.66. The van der Waals surface area contributed by atoms with E-state index in [9.17, 15) is 4.39 Å². The molecule has 1 rings (SSSR count). The number of methoxy groups -OCH3 is 1. The van der Waals surface area contributed by atoms with Crippen LogP contribution in [-0.2, 0) is 0 Å². The average molecular weight is 184 g/mol. The van der Waals surface area contributed by atoms with Gasteiger partial charge in [-0.05, 0) is 12.1 Å². The fourth-order valence-electron chi connectivity index (χ4n) is 1.01. The minimum Gasteiger partial charge on any atom is -0.497 e. The van der Waals surface area contributed by atoms with Crippen LogP contribution in [-0.4, -0.2) is 20.3 Å². The van der Waals surface area contributed by atoms with Gasteiger partial charge in [0.25, 0.3) is 0 Å². The summed E-state index contributed by atoms with van der Waals surface area (Å²) in [4.78, 5) is 0. The molecule has 0 unspecified atom stereocenters. The first-order valence-corrected chi connectivity index (χ1v) is 4.01. The number of halogens is 1. The van der Waals surface area contributed by atoms with Crippen molar-refractivity contribution in [2.45, 2.75) is 0 Å². The number of hydrogen-bond acceptors (Lipinski definition) is 3. The lowest BCUT2D eigenvalue weighted by atomic mass is 10.2. The number of alkyl halides is 1. The third-order valence-electron chi connectivity index (χ3n) is 1.67. The number of nitrogens with two attached hydrogens (primary N) is 1. The highest BCUT2D eigenvalue weighted by atomic mass is 19.1. The quantitative estimate of drug-likeness (QED) is 0.699. The minimum absolute atomic E-state index is 0.274. The second-order valence-corrected chi connectivity index (χ2v) is 2.57. The molecular formula is C9H13FN2O. The molecule has 3 nitrogen and oxygen atoms in total. The molecule has 1 aromatic carbocycles. The maximum Gasteiger partial charge on any atom is 0.121 e. The molecule has 0 atom stereocenters. The summed E-state index contributed by atoms with van der Waals surface area (Å²) in [6.07, 6.45) is 0. The van der Waals surface area contributed by atoms with Crippen LogP contribution in [0.15, 0.2) is 18.2 Å². The Bertz CT molecular complexity index is 278. The Kier molecular flexibility index (Phi) is 3.37. The fourth-order valence-corrected chi connectivity index (χ4v) is 1.01. The molecule has 1 aromatic rings. The lowest BCUT2D eigenvalue weighted by Crippen LogP contribution is -2.05. The topological polar surface area (TPSA) is 47.3 Å². The molecular weight excluding hydrogens is 171 g/mol. The van der Waals surface area contributed by atoms with Gasteiger partial charge in [0.2, 0.25) is 0 Å². The summed E-state index contributed by atoms with van der Waals surface area (Å²) in [5, 5.41) is 2.86. The third-order valence-corrected chi connectivity index (χ3v) is 1.67. The van der Waals surface area contributed by atoms with Crippen molar-refractivity contribution in [1.29, 1.82) is 0 Å². The summed E-state index contributed by atoms with van der Waals surface area (Å²) >= 11 is 0. The number of hydrogen-bond donors (Lipinski definition) is 2. The molecule has 0 radical (unpaired) electrons. The lowest BCUT2D eigenvalue weighted by Gasteiger charge is -2.08. The molecule has 0 aliphatic heterocycles. The van der Waals surface area contributed by atoms with E-state index in [0.717, 1.165) is 5.69 Å². The third kappa shape index (κ3) is 2.50. The maximum atomic E-state index is 11.8. The highest BCUT2D eigenvalue weighted by Crippen LogP contribution is 2.23. The summed E-state index contributed by atoms with van der Waals surface area (Å²) in [5.41, 5.74) is 6.97. The van der Waals surface area contributed by atoms with Crippen molar-refractivity contribution in [2.75, 3.05) is 31.4 Å². The monoisotopic (exact) mass is 184 g/mol. The van der Waals surface area contributed by atoms with E-state index in [1.54, 1.807) is 25.3 Å². The van der Waals surface area contributed by atoms with Gasteiger partial charge in [-0.3, -0.25) is 0 Å². The van der Waals surface area contributed by atoms with Crippen molar-refractivity contribution in [3.8, 4) is 5.75 Å². The van der Waals surface area contributed by atoms with E-state index in [4.69, 9.17) is 10.5 Å². The Morgan fingerprint density at radius 2 is 2.31 bits per heavy atom. The summed E-state index contributed by atoms with van der Waals surface area (Å²) < 4.78 is 16.8. The first kappa shape index (κ1) is 9.64. The molecule has 0 saturated carbocycles. The van der Waals surface area contributed by atoms with Crippen LogP contribution in [0, 0.1) is 0 Å². The van der Waals surface area contributed by atoms with Gasteiger partial charge < -0.3 is 15.8 Å². The summed E-state index contributed by atoms with van der Waals surface area (Å²) in [5.74, 6) is 0.697. The van der Waals surface area contributed by atoms with E-state index in [0.29, 0.717) is 11.4 Å². The van der Waals surface area contributed by atoms with Crippen LogP contribution in [0.1, 0.15) is 0 Å². The van der Waals surface area contributed by atoms with Crippen LogP contribution < -0.4 is 15.8 Å². The Hall–Kier alpha value is -1.45. The van der Waals surface area contributed by atoms with Crippen LogP contribution in [0.3, 0.4) is 0 Å². The number of ether oxygens (including phenoxy) is 1. The highest BCUT2D eigenvalue weighted by molar-refractivity contribution is 5.68. The van der Waals surface area contributed by atoms with E-state index in [2.05, 4.69) is 5.32 Å². The zero-order chi connectivity index (χ0) is 9.68. The standard InChI is InChI=1S/C9H13FN2O/c1-13-7-2-3-9(8(11)6-7)12-5-4-10/h2-3,6,12H,4-5,11H2,1H3. The molecule has 13 heavy (non-hydrogen) atoms. The van der Waals surface area contributed by atoms with Crippen molar-refractivity contribution in [1.82, 2.24) is 0 Å². The first-order chi connectivity index (χ1) is 6.27. The zero-order valence-corrected chi connectivity index (χ0v) is 7.51. The van der Waals surface area contributed by atoms with Gasteiger partial charge in [0.1, 0.15) is 12.4 Å². The molecule has 0 aromatic heterocycles. The predicted molar refractivity (Wildman–Crippen MR) is 51.9 cm³/mol. The largest absolute Gasteiger partial charge is 0.497 e. The molecule has 4 heteroatoms. The molecule has 0 heterocycles. The molecule has 0 bridgehead atoms. The second-order valence-electron chi connectivity index (χ2n) is 2.57. The molecule has 0 aliphatic carbocycles. The average Bonchev–Trinajstić information content (AvgIpc) is 2.16. The summed E-state index contributed by atoms with van der Waals surface area (Å²) in [7, 11) is 1.57. The van der Waals surface area contributed by atoms with Crippen LogP contribution in [0.25, 0.3) is 0 Å². The van der Waals surface area contributed by atoms with Gasteiger partial charge in [-0.15, -0.1) is 0 Å². The number of anilines is 2. The van der Waals surface area contributed by atoms with Crippen molar-refractivity contribution in [2.24, 2.45) is 0 Å². The van der Waals surface area contributed by atoms with Gasteiger partial charge in [0, 0.05) is 12.6 Å². The van der Waals surface area contributed by atoms with E-state index >= 15 is 0 Å². The maximum absolute atomic E-state index is 11.8. The van der Waals surface area contributed by atoms with E-state index in [1.807, 2.05) is 0 Å². The van der Waals surface area contributed by atoms with Crippen molar-refractivity contribution < 1.29 is 9.13 Å². The number of nitrogens with one attached hydrogen (secondary N) is 1. The molecule has 3 N–H and O–H groups in total. The lowest BCUT2D eigenvalue weighted by molar-refractivity contribution is 0.415. The van der Waals surface area contributed by atoms with Crippen LogP contribution >= 0.6 is 0 Å². The van der Waals surface area contributed by atoms with E-state index in [1.165, 1.54) is 0 Å². The van der Waals surface area contributed by atoms with E-state index < -0.39 is 6.67 Å². The molecule has 0 spiro atoms. The Morgan fingerprint density at radius 3 is 2.85 bits per heavy atom. The van der Waals surface area contributed by atoms with Crippen LogP contribution in [0.2, 0.25) is 0 Å². The second kappa shape index (κ2) is 4.54. The Labute approximate surface area is 76.7 Å². The molecule has 0 fully saturated rings. The molecule has 0 amide bonds. The minimum atomic E-state index is -0.411. The Morgan fingerprint density at radius 1 is 1.54 bits per heavy atom. The highest BCUT2D eigenvalue weighted by Gasteiger charge is 1.99. The number of benzene rings is 1. The first-order valence-electron chi connectivity index (χ1n) is 4.01. The van der Waals surface area contributed by atoms with Gasteiger partial charge in [-0.2, -0.15) is 0 Å². The SMILES string of the molecule is COc1ccc(NCCF)c(N)c1. The van der Waals surface area contributed by atoms with Gasteiger partial charge in [-0.25, -0.2) is 4.39 Å². The summed E-state index contributed by atoms with van der Waals surface area (Å²) in [6.45, 7) is -0.137. The van der Waals surface area contributed by atoms with Crippen molar-refractivity contribution in [3.63, 3.8) is 0 Å². The smallest absolute Gasteiger partial charge is 0.121 e. The van der Waals surface area contributed by atoms with Gasteiger partial charge in [0.15, 0.2) is 0 Å². The van der Waals surface area contributed by atoms with Gasteiger partial charge in [0.05, 0.1) is 18.5 Å². The number of nitrogen functional groups attached to an aromatic ring is 1. The van der Waals surface area contributed by atoms with Crippen LogP contribution in [0.4, 0.5) is 15.8 Å².